The van der Waals surface area contributed by atoms with E-state index in [4.69, 9.17) is 4.42 Å². The molecule has 2 aromatic rings. The van der Waals surface area contributed by atoms with Crippen molar-refractivity contribution in [1.29, 1.82) is 0 Å². The van der Waals surface area contributed by atoms with Crippen LogP contribution in [0.4, 0.5) is 0 Å². The van der Waals surface area contributed by atoms with Crippen LogP contribution in [0.3, 0.4) is 0 Å². The van der Waals surface area contributed by atoms with Crippen LogP contribution in [0.5, 0.6) is 0 Å². The zero-order valence-electron chi connectivity index (χ0n) is 14.8. The molecule has 7 heteroatoms. The van der Waals surface area contributed by atoms with Gasteiger partial charge in [-0.25, -0.2) is 4.98 Å². The average Bonchev–Trinajstić information content (AvgIpc) is 2.90. The van der Waals surface area contributed by atoms with Gasteiger partial charge < -0.3 is 14.3 Å². The number of H-pyrrole nitrogens is 1. The number of aryl methyl sites for hydroxylation is 3. The molecule has 2 aromatic heterocycles. The lowest BCUT2D eigenvalue weighted by molar-refractivity contribution is -0.129. The molecular weight excluding hydrogens is 338 g/mol. The number of amides is 1. The molecule has 6 nitrogen and oxygen atoms in total. The quantitative estimate of drug-likeness (QED) is 0.847. The molecule has 134 valence electrons. The molecule has 0 aliphatic carbocycles. The molecule has 0 saturated carbocycles. The number of nitrogens with zero attached hydrogens (tertiary/aromatic N) is 2. The highest BCUT2D eigenvalue weighted by molar-refractivity contribution is 7.99. The minimum absolute atomic E-state index is 0.0138. The first-order valence-electron chi connectivity index (χ1n) is 8.48. The summed E-state index contributed by atoms with van der Waals surface area (Å²) in [6.07, 6.45) is 1.92. The van der Waals surface area contributed by atoms with Gasteiger partial charge in [-0.3, -0.25) is 9.59 Å². The first-order chi connectivity index (χ1) is 11.9. The van der Waals surface area contributed by atoms with Crippen LogP contribution >= 0.6 is 11.8 Å². The summed E-state index contributed by atoms with van der Waals surface area (Å²) >= 11 is 1.33. The van der Waals surface area contributed by atoms with Crippen molar-refractivity contribution in [3.05, 3.63) is 45.2 Å². The summed E-state index contributed by atoms with van der Waals surface area (Å²) in [5.41, 5.74) is 2.65. The normalized spacial score (nSPS) is 17.7. The van der Waals surface area contributed by atoms with Gasteiger partial charge in [-0.1, -0.05) is 11.8 Å². The van der Waals surface area contributed by atoms with E-state index in [9.17, 15) is 9.59 Å². The Morgan fingerprint density at radius 1 is 1.40 bits per heavy atom. The minimum Gasteiger partial charge on any atom is -0.437 e. The van der Waals surface area contributed by atoms with Gasteiger partial charge in [0, 0.05) is 42.5 Å². The molecule has 0 bridgehead atoms. The van der Waals surface area contributed by atoms with Gasteiger partial charge >= 0.3 is 0 Å². The number of carbonyl (C=O) groups excluding carboxylic acids is 1. The fourth-order valence-electron chi connectivity index (χ4n) is 3.11. The fourth-order valence-corrected chi connectivity index (χ4v) is 3.92. The van der Waals surface area contributed by atoms with Crippen LogP contribution in [0.15, 0.2) is 26.6 Å². The summed E-state index contributed by atoms with van der Waals surface area (Å²) in [6, 6.07) is 3.24. The number of hydrogen-bond acceptors (Lipinski definition) is 5. The molecule has 3 rings (SSSR count). The molecule has 0 radical (unpaired) electrons. The van der Waals surface area contributed by atoms with Crippen molar-refractivity contribution >= 4 is 17.7 Å². The summed E-state index contributed by atoms with van der Waals surface area (Å²) in [5, 5.41) is 0.542. The van der Waals surface area contributed by atoms with Crippen molar-refractivity contribution in [1.82, 2.24) is 14.9 Å². The Bertz CT molecular complexity index is 808. The Morgan fingerprint density at radius 3 is 2.88 bits per heavy atom. The van der Waals surface area contributed by atoms with Crippen LogP contribution in [-0.2, 0) is 4.79 Å². The maximum atomic E-state index is 12.5. The Kier molecular flexibility index (Phi) is 5.32. The molecule has 1 N–H and O–H groups in total. The highest BCUT2D eigenvalue weighted by Crippen LogP contribution is 2.26. The summed E-state index contributed by atoms with van der Waals surface area (Å²) in [7, 11) is 0. The molecule has 1 fully saturated rings. The molecule has 0 aromatic carbocycles. The predicted octanol–water partition coefficient (Wildman–Crippen LogP) is 2.79. The lowest BCUT2D eigenvalue weighted by atomic mass is 9.94. The van der Waals surface area contributed by atoms with Crippen molar-refractivity contribution in [3.8, 4) is 0 Å². The van der Waals surface area contributed by atoms with Gasteiger partial charge in [0.1, 0.15) is 5.76 Å². The third-order valence-electron chi connectivity index (χ3n) is 4.54. The van der Waals surface area contributed by atoms with E-state index in [0.717, 1.165) is 42.2 Å². The topological polar surface area (TPSA) is 79.2 Å². The molecule has 1 atom stereocenters. The van der Waals surface area contributed by atoms with Crippen molar-refractivity contribution < 1.29 is 9.21 Å². The standard InChI is InChI=1S/C18H23N3O3S/c1-11-7-15(22)8-16(19-11)14-5-4-6-21(9-14)17(23)10-25-18-20-12(2)13(3)24-18/h7-8,14H,4-6,9-10H2,1-3H3,(H,19,22). The van der Waals surface area contributed by atoms with Gasteiger partial charge in [0.05, 0.1) is 11.4 Å². The van der Waals surface area contributed by atoms with Crippen molar-refractivity contribution in [2.24, 2.45) is 0 Å². The van der Waals surface area contributed by atoms with Gasteiger partial charge in [0.2, 0.25) is 5.91 Å². The number of aromatic nitrogens is 2. The van der Waals surface area contributed by atoms with E-state index >= 15 is 0 Å². The van der Waals surface area contributed by atoms with Crippen LogP contribution < -0.4 is 5.43 Å². The van der Waals surface area contributed by atoms with Crippen LogP contribution in [0.25, 0.3) is 0 Å². The summed E-state index contributed by atoms with van der Waals surface area (Å²) in [4.78, 5) is 33.7. The van der Waals surface area contributed by atoms with Crippen LogP contribution in [0, 0.1) is 20.8 Å². The van der Waals surface area contributed by atoms with Gasteiger partial charge in [-0.05, 0) is 33.6 Å². The minimum atomic E-state index is 0.0138. The lowest BCUT2D eigenvalue weighted by Gasteiger charge is -2.32. The van der Waals surface area contributed by atoms with E-state index in [-0.39, 0.29) is 17.3 Å². The smallest absolute Gasteiger partial charge is 0.256 e. The molecule has 1 unspecified atom stereocenters. The Hall–Kier alpha value is -2.02. The highest BCUT2D eigenvalue weighted by atomic mass is 32.2. The maximum Gasteiger partial charge on any atom is 0.256 e. The summed E-state index contributed by atoms with van der Waals surface area (Å²) in [6.45, 7) is 7.04. The third-order valence-corrected chi connectivity index (χ3v) is 5.35. The van der Waals surface area contributed by atoms with E-state index in [1.54, 1.807) is 12.1 Å². The van der Waals surface area contributed by atoms with Gasteiger partial charge in [0.15, 0.2) is 5.43 Å². The number of hydrogen-bond donors (Lipinski definition) is 1. The number of thioether (sulfide) groups is 1. The van der Waals surface area contributed by atoms with Gasteiger partial charge in [-0.2, -0.15) is 0 Å². The molecule has 25 heavy (non-hydrogen) atoms. The fraction of sp³-hybridized carbons (Fsp3) is 0.500. The zero-order valence-corrected chi connectivity index (χ0v) is 15.6. The Labute approximate surface area is 151 Å². The van der Waals surface area contributed by atoms with Crippen LogP contribution in [0.1, 0.15) is 41.6 Å². The van der Waals surface area contributed by atoms with E-state index < -0.39 is 0 Å². The highest BCUT2D eigenvalue weighted by Gasteiger charge is 2.26. The number of aromatic amines is 1. The number of rotatable bonds is 4. The predicted molar refractivity (Wildman–Crippen MR) is 97.1 cm³/mol. The molecule has 1 amide bonds. The number of likely N-dealkylation sites (tertiary alicyclic amines) is 1. The Balaban J connectivity index is 1.62. The number of carbonyl (C=O) groups is 1. The van der Waals surface area contributed by atoms with E-state index in [1.165, 1.54) is 11.8 Å². The van der Waals surface area contributed by atoms with Gasteiger partial charge in [0.25, 0.3) is 5.22 Å². The summed E-state index contributed by atoms with van der Waals surface area (Å²) < 4.78 is 5.51. The second-order valence-corrected chi connectivity index (χ2v) is 7.47. The first-order valence-corrected chi connectivity index (χ1v) is 9.46. The molecular formula is C18H23N3O3S. The average molecular weight is 361 g/mol. The number of pyridine rings is 1. The van der Waals surface area contributed by atoms with Gasteiger partial charge in [-0.15, -0.1) is 0 Å². The lowest BCUT2D eigenvalue weighted by Crippen LogP contribution is -2.40. The molecule has 0 spiro atoms. The second-order valence-electron chi connectivity index (χ2n) is 6.54. The maximum absolute atomic E-state index is 12.5. The number of piperidine rings is 1. The van der Waals surface area contributed by atoms with Crippen molar-refractivity contribution in [2.45, 2.75) is 44.8 Å². The molecule has 3 heterocycles. The molecule has 1 saturated heterocycles. The number of nitrogens with one attached hydrogen (secondary N) is 1. The van der Waals surface area contributed by atoms with Crippen LogP contribution in [-0.4, -0.2) is 39.6 Å². The number of oxazole rings is 1. The van der Waals surface area contributed by atoms with E-state index in [0.29, 0.717) is 17.5 Å². The Morgan fingerprint density at radius 2 is 2.20 bits per heavy atom. The second kappa shape index (κ2) is 7.47. The van der Waals surface area contributed by atoms with Crippen molar-refractivity contribution in [2.75, 3.05) is 18.8 Å². The van der Waals surface area contributed by atoms with E-state index in [2.05, 4.69) is 9.97 Å². The molecule has 1 aliphatic rings. The SMILES string of the molecule is Cc1cc(=O)cc(C2CCCN(C(=O)CSc3nc(C)c(C)o3)C2)[nH]1. The molecule has 1 aliphatic heterocycles. The third kappa shape index (κ3) is 4.34. The first kappa shape index (κ1) is 17.8. The van der Waals surface area contributed by atoms with Crippen molar-refractivity contribution in [3.63, 3.8) is 0 Å². The monoisotopic (exact) mass is 361 g/mol. The largest absolute Gasteiger partial charge is 0.437 e. The summed E-state index contributed by atoms with van der Waals surface area (Å²) in [5.74, 6) is 1.37. The van der Waals surface area contributed by atoms with Crippen LogP contribution in [0.2, 0.25) is 0 Å². The van der Waals surface area contributed by atoms with E-state index in [1.807, 2.05) is 25.7 Å². The zero-order chi connectivity index (χ0) is 18.0.